The molecule has 0 saturated heterocycles. The molecule has 2 atom stereocenters. The number of unbranched alkanes of at least 4 members (excludes halogenated alkanes) is 1. The van der Waals surface area contributed by atoms with E-state index in [1.165, 1.54) is 0 Å². The van der Waals surface area contributed by atoms with E-state index in [-0.39, 0.29) is 12.5 Å². The SMILES string of the molecule is CCCCC(CC)COC(C)C(F)(F)F. The molecule has 0 heterocycles. The van der Waals surface area contributed by atoms with E-state index in [0.29, 0.717) is 0 Å². The lowest BCUT2D eigenvalue weighted by atomic mass is 10.0. The number of ether oxygens (including phenoxy) is 1. The standard InChI is InChI=1S/C11H21F3O/c1-4-6-7-10(5-2)8-15-9(3)11(12,13)14/h9-10H,4-8H2,1-3H3. The van der Waals surface area contributed by atoms with Gasteiger partial charge in [0.25, 0.3) is 0 Å². The van der Waals surface area contributed by atoms with Gasteiger partial charge in [0, 0.05) is 0 Å². The van der Waals surface area contributed by atoms with Crippen molar-refractivity contribution in [1.29, 1.82) is 0 Å². The zero-order valence-corrected chi connectivity index (χ0v) is 9.73. The largest absolute Gasteiger partial charge is 0.414 e. The third-order valence-electron chi connectivity index (χ3n) is 2.59. The third-order valence-corrected chi connectivity index (χ3v) is 2.59. The highest BCUT2D eigenvalue weighted by Gasteiger charge is 2.37. The van der Waals surface area contributed by atoms with Crippen LogP contribution >= 0.6 is 0 Å². The normalized spacial score (nSPS) is 16.4. The average molecular weight is 226 g/mol. The maximum atomic E-state index is 12.1. The molecule has 0 aromatic carbocycles. The number of rotatable bonds is 7. The monoisotopic (exact) mass is 226 g/mol. The van der Waals surface area contributed by atoms with Gasteiger partial charge in [-0.15, -0.1) is 0 Å². The Balaban J connectivity index is 3.79. The van der Waals surface area contributed by atoms with Gasteiger partial charge in [-0.05, 0) is 19.3 Å². The second-order valence-corrected chi connectivity index (χ2v) is 3.93. The average Bonchev–Trinajstić information content (AvgIpc) is 2.16. The molecule has 2 unspecified atom stereocenters. The maximum absolute atomic E-state index is 12.1. The lowest BCUT2D eigenvalue weighted by Crippen LogP contribution is -2.30. The molecule has 0 fully saturated rings. The Hall–Kier alpha value is -0.250. The maximum Gasteiger partial charge on any atom is 0.414 e. The van der Waals surface area contributed by atoms with Crippen molar-refractivity contribution in [1.82, 2.24) is 0 Å². The first-order valence-corrected chi connectivity index (χ1v) is 5.60. The summed E-state index contributed by atoms with van der Waals surface area (Å²) in [7, 11) is 0. The van der Waals surface area contributed by atoms with E-state index in [2.05, 4.69) is 6.92 Å². The first-order chi connectivity index (χ1) is 6.91. The van der Waals surface area contributed by atoms with Crippen molar-refractivity contribution in [3.63, 3.8) is 0 Å². The number of hydrogen-bond acceptors (Lipinski definition) is 1. The Labute approximate surface area is 90.0 Å². The van der Waals surface area contributed by atoms with Gasteiger partial charge in [-0.1, -0.05) is 33.1 Å². The van der Waals surface area contributed by atoms with Crippen LogP contribution in [0.25, 0.3) is 0 Å². The molecule has 0 aromatic heterocycles. The Kier molecular flexibility index (Phi) is 6.98. The topological polar surface area (TPSA) is 9.23 Å². The zero-order valence-electron chi connectivity index (χ0n) is 9.73. The van der Waals surface area contributed by atoms with Gasteiger partial charge in [0.1, 0.15) is 0 Å². The Morgan fingerprint density at radius 3 is 2.20 bits per heavy atom. The van der Waals surface area contributed by atoms with Crippen LogP contribution in [0.3, 0.4) is 0 Å². The van der Waals surface area contributed by atoms with Crippen LogP contribution in [0.2, 0.25) is 0 Å². The van der Waals surface area contributed by atoms with Gasteiger partial charge in [-0.3, -0.25) is 0 Å². The molecule has 0 aromatic rings. The summed E-state index contributed by atoms with van der Waals surface area (Å²) in [5, 5.41) is 0. The molecule has 92 valence electrons. The van der Waals surface area contributed by atoms with Gasteiger partial charge in [-0.25, -0.2) is 0 Å². The molecule has 0 aliphatic rings. The summed E-state index contributed by atoms with van der Waals surface area (Å²) in [6.07, 6.45) is -1.91. The summed E-state index contributed by atoms with van der Waals surface area (Å²) in [4.78, 5) is 0. The molecule has 0 aliphatic heterocycles. The molecule has 0 bridgehead atoms. The van der Waals surface area contributed by atoms with E-state index >= 15 is 0 Å². The highest BCUT2D eigenvalue weighted by molar-refractivity contribution is 4.63. The van der Waals surface area contributed by atoms with Gasteiger partial charge < -0.3 is 4.74 Å². The quantitative estimate of drug-likeness (QED) is 0.633. The first kappa shape index (κ1) is 14.8. The van der Waals surface area contributed by atoms with Crippen LogP contribution < -0.4 is 0 Å². The minimum absolute atomic E-state index is 0.219. The highest BCUT2D eigenvalue weighted by atomic mass is 19.4. The number of hydrogen-bond donors (Lipinski definition) is 0. The molecule has 15 heavy (non-hydrogen) atoms. The van der Waals surface area contributed by atoms with Crippen molar-refractivity contribution in [2.45, 2.75) is 58.7 Å². The van der Waals surface area contributed by atoms with Crippen molar-refractivity contribution >= 4 is 0 Å². The van der Waals surface area contributed by atoms with Crippen molar-refractivity contribution in [2.75, 3.05) is 6.61 Å². The van der Waals surface area contributed by atoms with Crippen molar-refractivity contribution in [2.24, 2.45) is 5.92 Å². The molecule has 0 N–H and O–H groups in total. The Bertz CT molecular complexity index is 156. The van der Waals surface area contributed by atoms with E-state index in [1.54, 1.807) is 0 Å². The van der Waals surface area contributed by atoms with Crippen LogP contribution in [0.4, 0.5) is 13.2 Å². The third kappa shape index (κ3) is 6.77. The van der Waals surface area contributed by atoms with Crippen molar-refractivity contribution in [3.8, 4) is 0 Å². The summed E-state index contributed by atoms with van der Waals surface area (Å²) >= 11 is 0. The predicted molar refractivity (Wildman–Crippen MR) is 54.8 cm³/mol. The van der Waals surface area contributed by atoms with E-state index in [1.807, 2.05) is 6.92 Å². The van der Waals surface area contributed by atoms with Crippen LogP contribution in [-0.4, -0.2) is 18.9 Å². The van der Waals surface area contributed by atoms with Gasteiger partial charge in [0.15, 0.2) is 6.10 Å². The summed E-state index contributed by atoms with van der Waals surface area (Å²) in [5.74, 6) is 0.259. The predicted octanol–water partition coefficient (Wildman–Crippen LogP) is 4.17. The fourth-order valence-corrected chi connectivity index (χ4v) is 1.27. The smallest absolute Gasteiger partial charge is 0.369 e. The second kappa shape index (κ2) is 7.09. The molecule has 1 nitrogen and oxygen atoms in total. The van der Waals surface area contributed by atoms with E-state index in [4.69, 9.17) is 4.74 Å². The molecule has 0 aliphatic carbocycles. The zero-order chi connectivity index (χ0) is 11.9. The molecule has 0 saturated carbocycles. The summed E-state index contributed by atoms with van der Waals surface area (Å²) in [5.41, 5.74) is 0. The van der Waals surface area contributed by atoms with Gasteiger partial charge in [0.2, 0.25) is 0 Å². The van der Waals surface area contributed by atoms with Gasteiger partial charge in [0.05, 0.1) is 6.61 Å². The first-order valence-electron chi connectivity index (χ1n) is 5.60. The minimum Gasteiger partial charge on any atom is -0.369 e. The van der Waals surface area contributed by atoms with Crippen LogP contribution in [0, 0.1) is 5.92 Å². The molecule has 0 spiro atoms. The van der Waals surface area contributed by atoms with Crippen LogP contribution in [-0.2, 0) is 4.74 Å². The Morgan fingerprint density at radius 2 is 1.80 bits per heavy atom. The highest BCUT2D eigenvalue weighted by Crippen LogP contribution is 2.23. The summed E-state index contributed by atoms with van der Waals surface area (Å²) in [6.45, 7) is 5.34. The summed E-state index contributed by atoms with van der Waals surface area (Å²) in [6, 6.07) is 0. The molecule has 0 amide bonds. The minimum atomic E-state index is -4.23. The molecule has 0 rings (SSSR count). The molecule has 4 heteroatoms. The molecular formula is C11H21F3O. The van der Waals surface area contributed by atoms with Gasteiger partial charge in [-0.2, -0.15) is 13.2 Å². The van der Waals surface area contributed by atoms with Gasteiger partial charge >= 0.3 is 6.18 Å². The van der Waals surface area contributed by atoms with Crippen LogP contribution in [0.1, 0.15) is 46.5 Å². The Morgan fingerprint density at radius 1 is 1.20 bits per heavy atom. The van der Waals surface area contributed by atoms with Crippen molar-refractivity contribution < 1.29 is 17.9 Å². The fourth-order valence-electron chi connectivity index (χ4n) is 1.27. The van der Waals surface area contributed by atoms with Crippen LogP contribution in [0.5, 0.6) is 0 Å². The van der Waals surface area contributed by atoms with Crippen LogP contribution in [0.15, 0.2) is 0 Å². The van der Waals surface area contributed by atoms with E-state index in [9.17, 15) is 13.2 Å². The number of halogens is 3. The molecular weight excluding hydrogens is 205 g/mol. The summed E-state index contributed by atoms with van der Waals surface area (Å²) < 4.78 is 41.2. The lowest BCUT2D eigenvalue weighted by molar-refractivity contribution is -0.217. The fraction of sp³-hybridized carbons (Fsp3) is 1.00. The lowest BCUT2D eigenvalue weighted by Gasteiger charge is -2.20. The van der Waals surface area contributed by atoms with E-state index in [0.717, 1.165) is 32.6 Å². The second-order valence-electron chi connectivity index (χ2n) is 3.93. The molecule has 0 radical (unpaired) electrons. The number of alkyl halides is 3. The van der Waals surface area contributed by atoms with Crippen molar-refractivity contribution in [3.05, 3.63) is 0 Å². The van der Waals surface area contributed by atoms with E-state index < -0.39 is 12.3 Å².